The van der Waals surface area contributed by atoms with Gasteiger partial charge in [-0.25, -0.2) is 0 Å². The van der Waals surface area contributed by atoms with Crippen LogP contribution in [-0.4, -0.2) is 22.5 Å². The van der Waals surface area contributed by atoms with E-state index in [4.69, 9.17) is 0 Å². The summed E-state index contributed by atoms with van der Waals surface area (Å²) in [4.78, 5) is 2.81. The number of hydrogen-bond donors (Lipinski definition) is 0. The molecule has 0 amide bonds. The van der Waals surface area contributed by atoms with Gasteiger partial charge in [0.2, 0.25) is 0 Å². The van der Waals surface area contributed by atoms with Gasteiger partial charge in [-0.2, -0.15) is 0 Å². The Kier molecular flexibility index (Phi) is 2.87. The van der Waals surface area contributed by atoms with Gasteiger partial charge in [0.25, 0.3) is 0 Å². The molecular weight excluding hydrogens is 182 g/mol. The first-order valence-corrected chi connectivity index (χ1v) is 6.68. The molecule has 0 spiro atoms. The van der Waals surface area contributed by atoms with Crippen molar-refractivity contribution in [3.8, 4) is 0 Å². The second-order valence-electron chi connectivity index (χ2n) is 6.94. The van der Waals surface area contributed by atoms with Crippen molar-refractivity contribution in [2.24, 2.45) is 11.8 Å². The Bertz CT molecular complexity index is 212. The summed E-state index contributed by atoms with van der Waals surface area (Å²) in [6.07, 6.45) is 5.80. The van der Waals surface area contributed by atoms with Crippen molar-refractivity contribution >= 4 is 0 Å². The summed E-state index contributed by atoms with van der Waals surface area (Å²) in [5, 5.41) is 0. The summed E-state index contributed by atoms with van der Waals surface area (Å²) in [6, 6.07) is 1.77. The van der Waals surface area contributed by atoms with E-state index in [1.54, 1.807) is 0 Å². The smallest absolute Gasteiger partial charge is 0.0130 e. The Morgan fingerprint density at radius 1 is 1.00 bits per heavy atom. The van der Waals surface area contributed by atoms with Crippen LogP contribution in [0.5, 0.6) is 0 Å². The minimum atomic E-state index is 0.383. The van der Waals surface area contributed by atoms with Crippen LogP contribution in [0.4, 0.5) is 0 Å². The highest BCUT2D eigenvalue weighted by Gasteiger charge is 2.45. The lowest BCUT2D eigenvalue weighted by Gasteiger charge is -2.47. The maximum absolute atomic E-state index is 2.81. The molecule has 0 N–H and O–H groups in total. The van der Waals surface area contributed by atoms with Crippen molar-refractivity contribution in [3.63, 3.8) is 0 Å². The molecule has 0 aromatic heterocycles. The van der Waals surface area contributed by atoms with E-state index in [1.165, 1.54) is 25.7 Å². The van der Waals surface area contributed by atoms with Gasteiger partial charge in [-0.1, -0.05) is 13.8 Å². The molecule has 0 aromatic rings. The summed E-state index contributed by atoms with van der Waals surface area (Å²) < 4.78 is 0. The van der Waals surface area contributed by atoms with Crippen molar-refractivity contribution in [2.75, 3.05) is 0 Å². The molecule has 2 rings (SSSR count). The van der Waals surface area contributed by atoms with Gasteiger partial charge in [0.05, 0.1) is 0 Å². The van der Waals surface area contributed by atoms with E-state index in [0.29, 0.717) is 5.54 Å². The molecule has 2 heterocycles. The molecule has 2 fully saturated rings. The predicted octanol–water partition coefficient (Wildman–Crippen LogP) is 3.68. The van der Waals surface area contributed by atoms with E-state index in [9.17, 15) is 0 Å². The van der Waals surface area contributed by atoms with Crippen LogP contribution in [0.15, 0.2) is 0 Å². The fraction of sp³-hybridized carbons (Fsp3) is 1.00. The van der Waals surface area contributed by atoms with Crippen LogP contribution in [0, 0.1) is 11.8 Å². The van der Waals surface area contributed by atoms with Crippen LogP contribution in [0.1, 0.15) is 60.3 Å². The largest absolute Gasteiger partial charge is 0.293 e. The molecule has 15 heavy (non-hydrogen) atoms. The quantitative estimate of drug-likeness (QED) is 0.637. The van der Waals surface area contributed by atoms with Crippen molar-refractivity contribution in [2.45, 2.75) is 77.9 Å². The van der Waals surface area contributed by atoms with Crippen molar-refractivity contribution in [1.29, 1.82) is 0 Å². The predicted molar refractivity (Wildman–Crippen MR) is 66.0 cm³/mol. The molecular formula is C14H27N. The monoisotopic (exact) mass is 209 g/mol. The van der Waals surface area contributed by atoms with Crippen LogP contribution in [0.25, 0.3) is 0 Å². The van der Waals surface area contributed by atoms with Gasteiger partial charge in [-0.15, -0.1) is 0 Å². The zero-order valence-corrected chi connectivity index (χ0v) is 11.1. The average molecular weight is 209 g/mol. The van der Waals surface area contributed by atoms with Crippen molar-refractivity contribution in [3.05, 3.63) is 0 Å². The first kappa shape index (κ1) is 11.4. The van der Waals surface area contributed by atoms with Crippen LogP contribution in [0.2, 0.25) is 0 Å². The fourth-order valence-corrected chi connectivity index (χ4v) is 3.86. The van der Waals surface area contributed by atoms with E-state index in [1.807, 2.05) is 0 Å². The van der Waals surface area contributed by atoms with Crippen molar-refractivity contribution < 1.29 is 0 Å². The van der Waals surface area contributed by atoms with Gasteiger partial charge in [0, 0.05) is 17.6 Å². The summed E-state index contributed by atoms with van der Waals surface area (Å²) in [5.74, 6) is 1.87. The Balaban J connectivity index is 2.10. The van der Waals surface area contributed by atoms with Gasteiger partial charge in [-0.05, 0) is 58.3 Å². The van der Waals surface area contributed by atoms with Gasteiger partial charge >= 0.3 is 0 Å². The fourth-order valence-electron chi connectivity index (χ4n) is 3.86. The SMILES string of the molecule is CC(C)C1CC2CCC(C1)N2C(C)(C)C. The van der Waals surface area contributed by atoms with Gasteiger partial charge in [-0.3, -0.25) is 4.90 Å². The average Bonchev–Trinajstić information content (AvgIpc) is 2.37. The van der Waals surface area contributed by atoms with Crippen molar-refractivity contribution in [1.82, 2.24) is 4.90 Å². The Morgan fingerprint density at radius 2 is 1.47 bits per heavy atom. The number of piperidine rings is 1. The van der Waals surface area contributed by atoms with Gasteiger partial charge in [0.1, 0.15) is 0 Å². The van der Waals surface area contributed by atoms with Crippen LogP contribution in [0.3, 0.4) is 0 Å². The maximum atomic E-state index is 2.81. The summed E-state index contributed by atoms with van der Waals surface area (Å²) in [7, 11) is 0. The molecule has 2 unspecified atom stereocenters. The molecule has 0 aromatic carbocycles. The highest BCUT2D eigenvalue weighted by atomic mass is 15.3. The lowest BCUT2D eigenvalue weighted by atomic mass is 9.81. The molecule has 1 nitrogen and oxygen atoms in total. The molecule has 0 aliphatic carbocycles. The molecule has 0 saturated carbocycles. The Hall–Kier alpha value is -0.0400. The summed E-state index contributed by atoms with van der Waals surface area (Å²) >= 11 is 0. The Labute approximate surface area is 95.2 Å². The molecule has 1 heteroatoms. The molecule has 2 saturated heterocycles. The molecule has 88 valence electrons. The van der Waals surface area contributed by atoms with E-state index in [0.717, 1.165) is 23.9 Å². The summed E-state index contributed by atoms with van der Waals surface area (Å²) in [5.41, 5.74) is 0.383. The third-order valence-electron chi connectivity index (χ3n) is 4.49. The first-order chi connectivity index (χ1) is 6.89. The lowest BCUT2D eigenvalue weighted by molar-refractivity contribution is 0.0124. The maximum Gasteiger partial charge on any atom is 0.0130 e. The van der Waals surface area contributed by atoms with E-state index < -0.39 is 0 Å². The van der Waals surface area contributed by atoms with Gasteiger partial charge in [0.15, 0.2) is 0 Å². The topological polar surface area (TPSA) is 3.24 Å². The summed E-state index contributed by atoms with van der Waals surface area (Å²) in [6.45, 7) is 11.9. The van der Waals surface area contributed by atoms with E-state index >= 15 is 0 Å². The van der Waals surface area contributed by atoms with Crippen LogP contribution in [-0.2, 0) is 0 Å². The zero-order valence-electron chi connectivity index (χ0n) is 11.1. The molecule has 2 aliphatic heterocycles. The third kappa shape index (κ3) is 2.08. The highest BCUT2D eigenvalue weighted by molar-refractivity contribution is 5.00. The molecule has 2 atom stereocenters. The second-order valence-corrected chi connectivity index (χ2v) is 6.94. The molecule has 2 aliphatic rings. The lowest BCUT2D eigenvalue weighted by Crippen LogP contribution is -2.53. The number of fused-ring (bicyclic) bond motifs is 2. The van der Waals surface area contributed by atoms with E-state index in [2.05, 4.69) is 39.5 Å². The first-order valence-electron chi connectivity index (χ1n) is 6.68. The second kappa shape index (κ2) is 3.76. The number of hydrogen-bond acceptors (Lipinski definition) is 1. The number of rotatable bonds is 1. The standard InChI is InChI=1S/C14H27N/c1-10(2)11-8-12-6-7-13(9-11)15(12)14(3,4)5/h10-13H,6-9H2,1-5H3. The Morgan fingerprint density at radius 3 is 1.80 bits per heavy atom. The third-order valence-corrected chi connectivity index (χ3v) is 4.49. The number of nitrogens with zero attached hydrogens (tertiary/aromatic N) is 1. The van der Waals surface area contributed by atoms with Crippen LogP contribution < -0.4 is 0 Å². The zero-order chi connectivity index (χ0) is 11.2. The van der Waals surface area contributed by atoms with Crippen LogP contribution >= 0.6 is 0 Å². The minimum absolute atomic E-state index is 0.383. The molecule has 2 bridgehead atoms. The highest BCUT2D eigenvalue weighted by Crippen LogP contribution is 2.44. The molecule has 0 radical (unpaired) electrons. The van der Waals surface area contributed by atoms with E-state index in [-0.39, 0.29) is 0 Å². The van der Waals surface area contributed by atoms with Gasteiger partial charge < -0.3 is 0 Å². The minimum Gasteiger partial charge on any atom is -0.293 e. The normalized spacial score (nSPS) is 37.6.